The molecule has 0 unspecified atom stereocenters. The first-order valence-corrected chi connectivity index (χ1v) is 8.12. The van der Waals surface area contributed by atoms with E-state index in [0.717, 1.165) is 49.2 Å². The highest BCUT2D eigenvalue weighted by Crippen LogP contribution is 2.36. The molecule has 4 heteroatoms. The van der Waals surface area contributed by atoms with E-state index in [2.05, 4.69) is 35.0 Å². The molecule has 1 saturated heterocycles. The molecule has 108 valence electrons. The van der Waals surface area contributed by atoms with Gasteiger partial charge in [-0.05, 0) is 49.3 Å². The van der Waals surface area contributed by atoms with Crippen LogP contribution in [0.1, 0.15) is 30.4 Å². The smallest absolute Gasteiger partial charge is 0.227 e. The maximum atomic E-state index is 12.6. The number of fused-ring (bicyclic) bond motifs is 1. The Morgan fingerprint density at radius 3 is 3.10 bits per heavy atom. The van der Waals surface area contributed by atoms with Gasteiger partial charge in [-0.1, -0.05) is 22.0 Å². The van der Waals surface area contributed by atoms with Gasteiger partial charge in [-0.3, -0.25) is 4.79 Å². The third-order valence-corrected chi connectivity index (χ3v) is 5.04. The Kier molecular flexibility index (Phi) is 4.13. The Morgan fingerprint density at radius 1 is 1.50 bits per heavy atom. The van der Waals surface area contributed by atoms with Crippen molar-refractivity contribution in [1.29, 1.82) is 0 Å². The van der Waals surface area contributed by atoms with Gasteiger partial charge in [-0.2, -0.15) is 0 Å². The lowest BCUT2D eigenvalue weighted by molar-refractivity contribution is -0.119. The minimum Gasteiger partial charge on any atom is -0.381 e. The van der Waals surface area contributed by atoms with E-state index in [4.69, 9.17) is 4.74 Å². The largest absolute Gasteiger partial charge is 0.381 e. The van der Waals surface area contributed by atoms with Gasteiger partial charge in [0.15, 0.2) is 0 Å². The van der Waals surface area contributed by atoms with Gasteiger partial charge >= 0.3 is 0 Å². The first-order valence-electron chi connectivity index (χ1n) is 7.33. The number of ether oxygens (including phenoxy) is 1. The molecular formula is C16H20BrNO2. The average Bonchev–Trinajstić information content (AvgIpc) is 2.95. The lowest BCUT2D eigenvalue weighted by Gasteiger charge is -2.32. The highest BCUT2D eigenvalue weighted by molar-refractivity contribution is 9.10. The van der Waals surface area contributed by atoms with Gasteiger partial charge in [0.1, 0.15) is 0 Å². The van der Waals surface area contributed by atoms with Gasteiger partial charge in [-0.25, -0.2) is 0 Å². The zero-order valence-corrected chi connectivity index (χ0v) is 13.4. The van der Waals surface area contributed by atoms with Crippen molar-refractivity contribution in [2.45, 2.75) is 32.6 Å². The quantitative estimate of drug-likeness (QED) is 0.826. The molecule has 3 rings (SSSR count). The molecule has 1 aromatic carbocycles. The number of carbonyl (C=O) groups is 1. The summed E-state index contributed by atoms with van der Waals surface area (Å²) in [5, 5.41) is 0. The Bertz CT molecular complexity index is 523. The molecule has 2 aliphatic rings. The molecule has 1 atom stereocenters. The summed E-state index contributed by atoms with van der Waals surface area (Å²) in [5.74, 6) is 0.656. The molecule has 0 aromatic heterocycles. The first kappa shape index (κ1) is 14.1. The summed E-state index contributed by atoms with van der Waals surface area (Å²) in [6, 6.07) is 4.18. The van der Waals surface area contributed by atoms with Crippen LogP contribution in [0.4, 0.5) is 5.69 Å². The molecule has 0 aliphatic carbocycles. The van der Waals surface area contributed by atoms with Crippen molar-refractivity contribution >= 4 is 27.5 Å². The van der Waals surface area contributed by atoms with Crippen LogP contribution in [0, 0.1) is 12.8 Å². The molecule has 0 bridgehead atoms. The van der Waals surface area contributed by atoms with Crippen LogP contribution in [0.25, 0.3) is 0 Å². The topological polar surface area (TPSA) is 29.5 Å². The Hall–Kier alpha value is -0.870. The van der Waals surface area contributed by atoms with Crippen LogP contribution in [0.5, 0.6) is 0 Å². The summed E-state index contributed by atoms with van der Waals surface area (Å²) in [6.45, 7) is 4.48. The zero-order valence-electron chi connectivity index (χ0n) is 11.8. The minimum absolute atomic E-state index is 0.252. The molecule has 0 radical (unpaired) electrons. The van der Waals surface area contributed by atoms with Crippen molar-refractivity contribution in [3.05, 3.63) is 27.7 Å². The standard InChI is InChI=1S/C16H20BrNO2/c1-11-4-5-14(17)13-3-2-7-18(16(11)13)15(19)9-12-6-8-20-10-12/h4-5,12H,2-3,6-10H2,1H3/t12-/m1/s1. The van der Waals surface area contributed by atoms with E-state index in [-0.39, 0.29) is 5.91 Å². The second kappa shape index (κ2) is 5.86. The number of aryl methyl sites for hydroxylation is 1. The molecule has 1 aromatic rings. The SMILES string of the molecule is Cc1ccc(Br)c2c1N(C(=O)C[C@H]1CCOC1)CCC2. The summed E-state index contributed by atoms with van der Waals surface area (Å²) in [5.41, 5.74) is 3.61. The van der Waals surface area contributed by atoms with Crippen LogP contribution in [0.15, 0.2) is 16.6 Å². The van der Waals surface area contributed by atoms with Crippen LogP contribution < -0.4 is 4.90 Å². The number of amides is 1. The number of benzene rings is 1. The Balaban J connectivity index is 1.85. The van der Waals surface area contributed by atoms with Crippen molar-refractivity contribution in [3.63, 3.8) is 0 Å². The van der Waals surface area contributed by atoms with Crippen LogP contribution in [0.3, 0.4) is 0 Å². The Morgan fingerprint density at radius 2 is 2.35 bits per heavy atom. The second-order valence-electron chi connectivity index (χ2n) is 5.77. The predicted molar refractivity (Wildman–Crippen MR) is 83.1 cm³/mol. The minimum atomic E-state index is 0.252. The van der Waals surface area contributed by atoms with E-state index in [9.17, 15) is 4.79 Å². The lowest BCUT2D eigenvalue weighted by atomic mass is 9.96. The van der Waals surface area contributed by atoms with Crippen molar-refractivity contribution in [3.8, 4) is 0 Å². The van der Waals surface area contributed by atoms with Crippen molar-refractivity contribution < 1.29 is 9.53 Å². The molecular weight excluding hydrogens is 318 g/mol. The van der Waals surface area contributed by atoms with Crippen molar-refractivity contribution in [1.82, 2.24) is 0 Å². The van der Waals surface area contributed by atoms with Crippen molar-refractivity contribution in [2.75, 3.05) is 24.7 Å². The number of rotatable bonds is 2. The predicted octanol–water partition coefficient (Wildman–Crippen LogP) is 3.46. The molecule has 0 spiro atoms. The van der Waals surface area contributed by atoms with E-state index >= 15 is 0 Å². The summed E-state index contributed by atoms with van der Waals surface area (Å²) in [6.07, 6.45) is 3.73. The molecule has 1 fully saturated rings. The molecule has 2 aliphatic heterocycles. The number of halogens is 1. The normalized spacial score (nSPS) is 21.9. The third kappa shape index (κ3) is 2.63. The molecule has 0 N–H and O–H groups in total. The Labute approximate surface area is 128 Å². The van der Waals surface area contributed by atoms with Crippen LogP contribution in [-0.4, -0.2) is 25.7 Å². The van der Waals surface area contributed by atoms with Gasteiger partial charge in [0.25, 0.3) is 0 Å². The number of nitrogens with zero attached hydrogens (tertiary/aromatic N) is 1. The zero-order chi connectivity index (χ0) is 14.1. The fourth-order valence-corrected chi connectivity index (χ4v) is 3.74. The molecule has 0 saturated carbocycles. The summed E-state index contributed by atoms with van der Waals surface area (Å²) in [7, 11) is 0. The van der Waals surface area contributed by atoms with Crippen LogP contribution in [-0.2, 0) is 16.0 Å². The summed E-state index contributed by atoms with van der Waals surface area (Å²) < 4.78 is 6.50. The van der Waals surface area contributed by atoms with E-state index < -0.39 is 0 Å². The summed E-state index contributed by atoms with van der Waals surface area (Å²) in [4.78, 5) is 14.6. The number of hydrogen-bond acceptors (Lipinski definition) is 2. The van der Waals surface area contributed by atoms with Gasteiger partial charge in [-0.15, -0.1) is 0 Å². The van der Waals surface area contributed by atoms with E-state index in [0.29, 0.717) is 12.3 Å². The third-order valence-electron chi connectivity index (χ3n) is 4.29. The van der Waals surface area contributed by atoms with Crippen LogP contribution in [0.2, 0.25) is 0 Å². The van der Waals surface area contributed by atoms with Crippen LogP contribution >= 0.6 is 15.9 Å². The lowest BCUT2D eigenvalue weighted by Crippen LogP contribution is -2.37. The number of anilines is 1. The number of carbonyl (C=O) groups excluding carboxylic acids is 1. The maximum absolute atomic E-state index is 12.6. The monoisotopic (exact) mass is 337 g/mol. The highest BCUT2D eigenvalue weighted by atomic mass is 79.9. The van der Waals surface area contributed by atoms with Gasteiger partial charge in [0, 0.05) is 30.7 Å². The molecule has 20 heavy (non-hydrogen) atoms. The molecule has 3 nitrogen and oxygen atoms in total. The van der Waals surface area contributed by atoms with E-state index in [1.54, 1.807) is 0 Å². The fourth-order valence-electron chi connectivity index (χ4n) is 3.22. The molecule has 1 amide bonds. The second-order valence-corrected chi connectivity index (χ2v) is 6.63. The van der Waals surface area contributed by atoms with E-state index in [1.807, 2.05) is 4.90 Å². The van der Waals surface area contributed by atoms with Crippen molar-refractivity contribution in [2.24, 2.45) is 5.92 Å². The summed E-state index contributed by atoms with van der Waals surface area (Å²) >= 11 is 3.62. The van der Waals surface area contributed by atoms with Gasteiger partial charge < -0.3 is 9.64 Å². The average molecular weight is 338 g/mol. The van der Waals surface area contributed by atoms with E-state index in [1.165, 1.54) is 11.1 Å². The number of hydrogen-bond donors (Lipinski definition) is 0. The fraction of sp³-hybridized carbons (Fsp3) is 0.562. The maximum Gasteiger partial charge on any atom is 0.227 e. The highest BCUT2D eigenvalue weighted by Gasteiger charge is 2.28. The molecule has 2 heterocycles. The van der Waals surface area contributed by atoms with Gasteiger partial charge in [0.2, 0.25) is 5.91 Å². The first-order chi connectivity index (χ1) is 9.66. The van der Waals surface area contributed by atoms with Gasteiger partial charge in [0.05, 0.1) is 5.69 Å².